The highest BCUT2D eigenvalue weighted by molar-refractivity contribution is 7.89. The first-order valence-electron chi connectivity index (χ1n) is 6.76. The maximum atomic E-state index is 11.9. The summed E-state index contributed by atoms with van der Waals surface area (Å²) in [6.45, 7) is 2.98. The first kappa shape index (κ1) is 17.1. The third-order valence-electron chi connectivity index (χ3n) is 2.86. The highest BCUT2D eigenvalue weighted by atomic mass is 32.2. The zero-order valence-electron chi connectivity index (χ0n) is 11.8. The molecule has 0 amide bonds. The molecule has 1 aromatic carbocycles. The number of aliphatic hydroxyl groups excluding tert-OH is 1. The molecule has 1 atom stereocenters. The molecular formula is C14H23NO4S. The van der Waals surface area contributed by atoms with Crippen LogP contribution in [0.15, 0.2) is 30.3 Å². The van der Waals surface area contributed by atoms with E-state index < -0.39 is 10.0 Å². The third kappa shape index (κ3) is 7.00. The Labute approximate surface area is 121 Å². The summed E-state index contributed by atoms with van der Waals surface area (Å²) in [6.07, 6.45) is 0.596. The molecule has 5 nitrogen and oxygen atoms in total. The Morgan fingerprint density at radius 1 is 1.25 bits per heavy atom. The van der Waals surface area contributed by atoms with E-state index in [0.29, 0.717) is 19.6 Å². The summed E-state index contributed by atoms with van der Waals surface area (Å²) in [6, 6.07) is 9.59. The molecule has 1 rings (SSSR count). The number of rotatable bonds is 10. The number of hydrogen-bond acceptors (Lipinski definition) is 4. The average Bonchev–Trinajstić information content (AvgIpc) is 2.43. The van der Waals surface area contributed by atoms with Crippen LogP contribution in [0.2, 0.25) is 0 Å². The molecule has 0 fully saturated rings. The summed E-state index contributed by atoms with van der Waals surface area (Å²) in [7, 11) is -3.28. The molecule has 0 aliphatic heterocycles. The van der Waals surface area contributed by atoms with Crippen LogP contribution >= 0.6 is 0 Å². The summed E-state index contributed by atoms with van der Waals surface area (Å²) in [5, 5.41) is 8.52. The van der Waals surface area contributed by atoms with E-state index in [1.165, 1.54) is 0 Å². The van der Waals surface area contributed by atoms with Gasteiger partial charge in [-0.05, 0) is 17.9 Å². The Morgan fingerprint density at radius 3 is 2.60 bits per heavy atom. The van der Waals surface area contributed by atoms with Crippen molar-refractivity contribution in [1.82, 2.24) is 4.72 Å². The number of benzene rings is 1. The number of aliphatic hydroxyl groups is 1. The normalized spacial score (nSPS) is 13.3. The summed E-state index contributed by atoms with van der Waals surface area (Å²) < 4.78 is 31.5. The smallest absolute Gasteiger partial charge is 0.212 e. The summed E-state index contributed by atoms with van der Waals surface area (Å²) in [5.74, 6) is 0.0356. The molecule has 2 N–H and O–H groups in total. The van der Waals surface area contributed by atoms with Gasteiger partial charge in [-0.25, -0.2) is 13.1 Å². The van der Waals surface area contributed by atoms with Crippen LogP contribution in [0.25, 0.3) is 0 Å². The van der Waals surface area contributed by atoms with Crippen molar-refractivity contribution in [3.8, 4) is 0 Å². The molecule has 114 valence electrons. The van der Waals surface area contributed by atoms with E-state index >= 15 is 0 Å². The minimum absolute atomic E-state index is 0.0136. The van der Waals surface area contributed by atoms with Crippen LogP contribution in [0.1, 0.15) is 24.8 Å². The largest absolute Gasteiger partial charge is 0.394 e. The standard InChI is InChI=1S/C14H23NO4S/c1-13(14-6-3-2-4-7-14)12-20(17,18)15-8-5-10-19-11-9-16/h2-4,6-7,13,15-16H,5,8-12H2,1H3. The zero-order valence-corrected chi connectivity index (χ0v) is 12.6. The molecule has 0 radical (unpaired) electrons. The molecule has 0 bridgehead atoms. The van der Waals surface area contributed by atoms with Gasteiger partial charge >= 0.3 is 0 Å². The Hall–Kier alpha value is -0.950. The van der Waals surface area contributed by atoms with E-state index in [0.717, 1.165) is 5.56 Å². The molecule has 0 saturated heterocycles. The molecule has 1 unspecified atom stereocenters. The monoisotopic (exact) mass is 301 g/mol. The number of nitrogens with one attached hydrogen (secondary N) is 1. The van der Waals surface area contributed by atoms with Gasteiger partial charge in [0.1, 0.15) is 0 Å². The van der Waals surface area contributed by atoms with Crippen LogP contribution in [0, 0.1) is 0 Å². The summed E-state index contributed by atoms with van der Waals surface area (Å²) in [4.78, 5) is 0. The van der Waals surface area contributed by atoms with Crippen molar-refractivity contribution in [2.45, 2.75) is 19.3 Å². The Balaban J connectivity index is 2.31. The second-order valence-corrected chi connectivity index (χ2v) is 6.53. The molecule has 6 heteroatoms. The lowest BCUT2D eigenvalue weighted by Gasteiger charge is -2.13. The molecule has 0 aromatic heterocycles. The van der Waals surface area contributed by atoms with Crippen molar-refractivity contribution in [3.63, 3.8) is 0 Å². The number of hydrogen-bond donors (Lipinski definition) is 2. The van der Waals surface area contributed by atoms with E-state index in [-0.39, 0.29) is 24.9 Å². The van der Waals surface area contributed by atoms with Gasteiger partial charge in [0.05, 0.1) is 19.0 Å². The van der Waals surface area contributed by atoms with Crippen molar-refractivity contribution in [2.75, 3.05) is 32.1 Å². The highest BCUT2D eigenvalue weighted by Gasteiger charge is 2.16. The molecular weight excluding hydrogens is 278 g/mol. The van der Waals surface area contributed by atoms with E-state index in [4.69, 9.17) is 9.84 Å². The van der Waals surface area contributed by atoms with Crippen LogP contribution in [0.4, 0.5) is 0 Å². The van der Waals surface area contributed by atoms with Gasteiger partial charge in [0.15, 0.2) is 0 Å². The van der Waals surface area contributed by atoms with Crippen LogP contribution in [-0.2, 0) is 14.8 Å². The van der Waals surface area contributed by atoms with E-state index in [1.807, 2.05) is 37.3 Å². The van der Waals surface area contributed by atoms with E-state index in [9.17, 15) is 8.42 Å². The minimum Gasteiger partial charge on any atom is -0.394 e. The fourth-order valence-electron chi connectivity index (χ4n) is 1.83. The van der Waals surface area contributed by atoms with Crippen LogP contribution in [0.5, 0.6) is 0 Å². The van der Waals surface area contributed by atoms with E-state index in [1.54, 1.807) is 0 Å². The molecule has 0 saturated carbocycles. The number of sulfonamides is 1. The lowest BCUT2D eigenvalue weighted by atomic mass is 10.0. The maximum absolute atomic E-state index is 11.9. The van der Waals surface area contributed by atoms with Gasteiger partial charge in [0.25, 0.3) is 0 Å². The van der Waals surface area contributed by atoms with Crippen molar-refractivity contribution in [1.29, 1.82) is 0 Å². The Morgan fingerprint density at radius 2 is 1.95 bits per heavy atom. The van der Waals surface area contributed by atoms with Crippen LogP contribution in [0.3, 0.4) is 0 Å². The predicted octanol–water partition coefficient (Wildman–Crippen LogP) is 1.11. The van der Waals surface area contributed by atoms with Gasteiger partial charge in [-0.3, -0.25) is 0 Å². The fourth-order valence-corrected chi connectivity index (χ4v) is 3.26. The SMILES string of the molecule is CC(CS(=O)(=O)NCCCOCCO)c1ccccc1. The van der Waals surface area contributed by atoms with Crippen LogP contribution in [-0.4, -0.2) is 45.6 Å². The quantitative estimate of drug-likeness (QED) is 0.635. The third-order valence-corrected chi connectivity index (χ3v) is 4.44. The molecule has 0 aliphatic rings. The molecule has 0 heterocycles. The van der Waals surface area contributed by atoms with Crippen molar-refractivity contribution >= 4 is 10.0 Å². The number of ether oxygens (including phenoxy) is 1. The Kier molecular flexibility index (Phi) is 7.76. The second-order valence-electron chi connectivity index (χ2n) is 4.68. The summed E-state index contributed by atoms with van der Waals surface area (Å²) >= 11 is 0. The second kappa shape index (κ2) is 9.07. The van der Waals surface area contributed by atoms with Gasteiger partial charge in [0, 0.05) is 13.2 Å². The topological polar surface area (TPSA) is 75.6 Å². The predicted molar refractivity (Wildman–Crippen MR) is 79.2 cm³/mol. The fraction of sp³-hybridized carbons (Fsp3) is 0.571. The molecule has 20 heavy (non-hydrogen) atoms. The average molecular weight is 301 g/mol. The zero-order chi connectivity index (χ0) is 14.8. The first-order valence-corrected chi connectivity index (χ1v) is 8.41. The minimum atomic E-state index is -3.28. The lowest BCUT2D eigenvalue weighted by Crippen LogP contribution is -2.30. The van der Waals surface area contributed by atoms with Gasteiger partial charge in [-0.15, -0.1) is 0 Å². The Bertz CT molecular complexity index is 461. The van der Waals surface area contributed by atoms with Crippen molar-refractivity contribution in [3.05, 3.63) is 35.9 Å². The molecule has 1 aromatic rings. The van der Waals surface area contributed by atoms with Crippen molar-refractivity contribution in [2.24, 2.45) is 0 Å². The maximum Gasteiger partial charge on any atom is 0.212 e. The highest BCUT2D eigenvalue weighted by Crippen LogP contribution is 2.16. The van der Waals surface area contributed by atoms with Crippen molar-refractivity contribution < 1.29 is 18.3 Å². The van der Waals surface area contributed by atoms with E-state index in [2.05, 4.69) is 4.72 Å². The van der Waals surface area contributed by atoms with Gasteiger partial charge in [-0.1, -0.05) is 37.3 Å². The summed E-state index contributed by atoms with van der Waals surface area (Å²) in [5.41, 5.74) is 1.02. The van der Waals surface area contributed by atoms with Gasteiger partial charge in [0.2, 0.25) is 10.0 Å². The van der Waals surface area contributed by atoms with Crippen LogP contribution < -0.4 is 4.72 Å². The molecule has 0 aliphatic carbocycles. The lowest BCUT2D eigenvalue weighted by molar-refractivity contribution is 0.0913. The van der Waals surface area contributed by atoms with Gasteiger partial charge < -0.3 is 9.84 Å². The first-order chi connectivity index (χ1) is 9.55. The van der Waals surface area contributed by atoms with Gasteiger partial charge in [-0.2, -0.15) is 0 Å². The molecule has 0 spiro atoms.